The summed E-state index contributed by atoms with van der Waals surface area (Å²) in [6.45, 7) is 6.59. The molecule has 22 heavy (non-hydrogen) atoms. The molecule has 3 rings (SSSR count). The summed E-state index contributed by atoms with van der Waals surface area (Å²) in [5.41, 5.74) is 7.06. The number of hydrogen-bond donors (Lipinski definition) is 1. The quantitative estimate of drug-likeness (QED) is 0.796. The summed E-state index contributed by atoms with van der Waals surface area (Å²) in [7, 11) is 0. The molecule has 1 heterocycles. The average Bonchev–Trinajstić information content (AvgIpc) is 2.86. The highest BCUT2D eigenvalue weighted by Crippen LogP contribution is 2.25. The Hall–Kier alpha value is -2.13. The number of fused-ring (bicyclic) bond motifs is 1. The minimum absolute atomic E-state index is 0.187. The molecule has 3 heteroatoms. The number of aromatic nitrogens is 2. The van der Waals surface area contributed by atoms with E-state index in [1.165, 1.54) is 11.1 Å². The smallest absolute Gasteiger partial charge is 0.114 e. The van der Waals surface area contributed by atoms with Crippen molar-refractivity contribution in [3.8, 4) is 5.69 Å². The standard InChI is InChI=1S/C19H22N2O/c1-4-19-20-17-11-13(2)14(3)12-18(17)21(19)16-7-5-15(6-8-16)9-10-22/h5-8,11-12,22H,4,9-10H2,1-3H3. The van der Waals surface area contributed by atoms with E-state index in [-0.39, 0.29) is 6.61 Å². The first-order chi connectivity index (χ1) is 10.6. The number of aliphatic hydroxyl groups excluding tert-OH is 1. The molecule has 0 amide bonds. The molecule has 3 aromatic rings. The van der Waals surface area contributed by atoms with E-state index in [0.717, 1.165) is 34.5 Å². The van der Waals surface area contributed by atoms with Gasteiger partial charge in [0.1, 0.15) is 5.82 Å². The summed E-state index contributed by atoms with van der Waals surface area (Å²) in [6, 6.07) is 12.8. The van der Waals surface area contributed by atoms with Gasteiger partial charge in [0.15, 0.2) is 0 Å². The predicted octanol–water partition coefficient (Wildman–Crippen LogP) is 3.74. The third-order valence-electron chi connectivity index (χ3n) is 4.25. The third kappa shape index (κ3) is 2.53. The van der Waals surface area contributed by atoms with Crippen LogP contribution in [0.1, 0.15) is 29.4 Å². The Morgan fingerprint density at radius 2 is 1.73 bits per heavy atom. The SMILES string of the molecule is CCc1nc2cc(C)c(C)cc2n1-c1ccc(CCO)cc1. The van der Waals surface area contributed by atoms with E-state index in [9.17, 15) is 0 Å². The Morgan fingerprint density at radius 3 is 2.36 bits per heavy atom. The Kier molecular flexibility index (Phi) is 3.99. The van der Waals surface area contributed by atoms with Gasteiger partial charge in [0.25, 0.3) is 0 Å². The summed E-state index contributed by atoms with van der Waals surface area (Å²) < 4.78 is 2.24. The number of aliphatic hydroxyl groups is 1. The highest BCUT2D eigenvalue weighted by atomic mass is 16.2. The van der Waals surface area contributed by atoms with E-state index in [2.05, 4.69) is 61.7 Å². The molecule has 1 N–H and O–H groups in total. The van der Waals surface area contributed by atoms with Gasteiger partial charge >= 0.3 is 0 Å². The van der Waals surface area contributed by atoms with Crippen LogP contribution in [-0.2, 0) is 12.8 Å². The van der Waals surface area contributed by atoms with Crippen LogP contribution < -0.4 is 0 Å². The van der Waals surface area contributed by atoms with Crippen molar-refractivity contribution in [1.82, 2.24) is 9.55 Å². The highest BCUT2D eigenvalue weighted by Gasteiger charge is 2.12. The highest BCUT2D eigenvalue weighted by molar-refractivity contribution is 5.80. The molecule has 3 nitrogen and oxygen atoms in total. The van der Waals surface area contributed by atoms with Gasteiger partial charge in [-0.25, -0.2) is 4.98 Å². The fourth-order valence-electron chi connectivity index (χ4n) is 2.85. The van der Waals surface area contributed by atoms with Crippen LogP contribution in [-0.4, -0.2) is 21.3 Å². The van der Waals surface area contributed by atoms with Crippen molar-refractivity contribution in [2.45, 2.75) is 33.6 Å². The largest absolute Gasteiger partial charge is 0.396 e. The van der Waals surface area contributed by atoms with Crippen LogP contribution in [0.3, 0.4) is 0 Å². The van der Waals surface area contributed by atoms with Gasteiger partial charge in [0, 0.05) is 18.7 Å². The molecule has 0 spiro atoms. The Bertz CT molecular complexity index is 800. The van der Waals surface area contributed by atoms with Crippen molar-refractivity contribution < 1.29 is 5.11 Å². The topological polar surface area (TPSA) is 38.0 Å². The van der Waals surface area contributed by atoms with Crippen molar-refractivity contribution >= 4 is 11.0 Å². The van der Waals surface area contributed by atoms with Crippen LogP contribution >= 0.6 is 0 Å². The molecule has 0 aliphatic heterocycles. The minimum atomic E-state index is 0.187. The summed E-state index contributed by atoms with van der Waals surface area (Å²) in [5.74, 6) is 1.08. The Balaban J connectivity index is 2.17. The maximum atomic E-state index is 9.04. The lowest BCUT2D eigenvalue weighted by atomic mass is 10.1. The van der Waals surface area contributed by atoms with Crippen LogP contribution in [0.4, 0.5) is 0 Å². The van der Waals surface area contributed by atoms with E-state index in [1.807, 2.05) is 0 Å². The second kappa shape index (κ2) is 5.93. The molecule has 114 valence electrons. The zero-order chi connectivity index (χ0) is 15.7. The van der Waals surface area contributed by atoms with Crippen LogP contribution in [0.5, 0.6) is 0 Å². The van der Waals surface area contributed by atoms with Gasteiger partial charge in [-0.05, 0) is 61.2 Å². The monoisotopic (exact) mass is 294 g/mol. The van der Waals surface area contributed by atoms with Gasteiger partial charge in [-0.1, -0.05) is 19.1 Å². The molecule has 0 aliphatic carbocycles. The normalized spacial score (nSPS) is 11.3. The van der Waals surface area contributed by atoms with Gasteiger partial charge < -0.3 is 5.11 Å². The van der Waals surface area contributed by atoms with E-state index in [0.29, 0.717) is 6.42 Å². The zero-order valence-corrected chi connectivity index (χ0v) is 13.4. The number of rotatable bonds is 4. The molecular weight excluding hydrogens is 272 g/mol. The van der Waals surface area contributed by atoms with Crippen molar-refractivity contribution in [3.63, 3.8) is 0 Å². The molecule has 0 saturated carbocycles. The first-order valence-corrected chi connectivity index (χ1v) is 7.82. The lowest BCUT2D eigenvalue weighted by molar-refractivity contribution is 0.299. The minimum Gasteiger partial charge on any atom is -0.396 e. The molecule has 0 unspecified atom stereocenters. The van der Waals surface area contributed by atoms with Crippen LogP contribution in [0.2, 0.25) is 0 Å². The van der Waals surface area contributed by atoms with Crippen LogP contribution in [0.25, 0.3) is 16.7 Å². The number of hydrogen-bond acceptors (Lipinski definition) is 2. The van der Waals surface area contributed by atoms with Crippen molar-refractivity contribution in [3.05, 3.63) is 58.9 Å². The van der Waals surface area contributed by atoms with E-state index in [4.69, 9.17) is 10.1 Å². The third-order valence-corrected chi connectivity index (χ3v) is 4.25. The van der Waals surface area contributed by atoms with Gasteiger partial charge in [0.2, 0.25) is 0 Å². The molecule has 2 aromatic carbocycles. The summed E-state index contributed by atoms with van der Waals surface area (Å²) >= 11 is 0. The second-order valence-corrected chi connectivity index (χ2v) is 5.78. The number of benzene rings is 2. The van der Waals surface area contributed by atoms with Crippen molar-refractivity contribution in [2.75, 3.05) is 6.61 Å². The zero-order valence-electron chi connectivity index (χ0n) is 13.4. The summed E-state index contributed by atoms with van der Waals surface area (Å²) in [5, 5.41) is 9.04. The summed E-state index contributed by atoms with van der Waals surface area (Å²) in [4.78, 5) is 4.79. The van der Waals surface area contributed by atoms with Gasteiger partial charge in [-0.3, -0.25) is 4.57 Å². The lowest BCUT2D eigenvalue weighted by Gasteiger charge is -2.10. The average molecular weight is 294 g/mol. The molecule has 0 aliphatic rings. The Labute approximate surface area is 131 Å². The van der Waals surface area contributed by atoms with Crippen LogP contribution in [0.15, 0.2) is 36.4 Å². The first kappa shape index (κ1) is 14.8. The molecule has 0 saturated heterocycles. The maximum absolute atomic E-state index is 9.04. The fraction of sp³-hybridized carbons (Fsp3) is 0.316. The fourth-order valence-corrected chi connectivity index (χ4v) is 2.85. The predicted molar refractivity (Wildman–Crippen MR) is 90.7 cm³/mol. The van der Waals surface area contributed by atoms with E-state index >= 15 is 0 Å². The molecular formula is C19H22N2O. The van der Waals surface area contributed by atoms with Crippen molar-refractivity contribution in [1.29, 1.82) is 0 Å². The number of aryl methyl sites for hydroxylation is 3. The van der Waals surface area contributed by atoms with E-state index < -0.39 is 0 Å². The van der Waals surface area contributed by atoms with Gasteiger partial charge in [0.05, 0.1) is 11.0 Å². The molecule has 0 atom stereocenters. The molecule has 1 aromatic heterocycles. The molecule has 0 radical (unpaired) electrons. The Morgan fingerprint density at radius 1 is 1.05 bits per heavy atom. The van der Waals surface area contributed by atoms with Gasteiger partial charge in [-0.2, -0.15) is 0 Å². The molecule has 0 bridgehead atoms. The molecule has 0 fully saturated rings. The van der Waals surface area contributed by atoms with Gasteiger partial charge in [-0.15, -0.1) is 0 Å². The summed E-state index contributed by atoms with van der Waals surface area (Å²) in [6.07, 6.45) is 1.59. The first-order valence-electron chi connectivity index (χ1n) is 7.82. The van der Waals surface area contributed by atoms with Crippen molar-refractivity contribution in [2.24, 2.45) is 0 Å². The van der Waals surface area contributed by atoms with E-state index in [1.54, 1.807) is 0 Å². The number of imidazole rings is 1. The second-order valence-electron chi connectivity index (χ2n) is 5.78. The maximum Gasteiger partial charge on any atom is 0.114 e. The number of nitrogens with zero attached hydrogens (tertiary/aromatic N) is 2. The van der Waals surface area contributed by atoms with Crippen LogP contribution in [0, 0.1) is 13.8 Å². The lowest BCUT2D eigenvalue weighted by Crippen LogP contribution is -2.01.